The van der Waals surface area contributed by atoms with Gasteiger partial charge in [-0.05, 0) is 18.9 Å². The van der Waals surface area contributed by atoms with Crippen LogP contribution in [0.25, 0.3) is 0 Å². The topological polar surface area (TPSA) is 49.4 Å². The van der Waals surface area contributed by atoms with E-state index in [2.05, 4.69) is 12.2 Å². The predicted octanol–water partition coefficient (Wildman–Crippen LogP) is 0.625. The maximum absolute atomic E-state index is 12.0. The summed E-state index contributed by atoms with van der Waals surface area (Å²) in [6.07, 6.45) is 0.934. The van der Waals surface area contributed by atoms with Gasteiger partial charge in [0.2, 0.25) is 11.8 Å². The summed E-state index contributed by atoms with van der Waals surface area (Å²) in [5.74, 6) is 0.261. The summed E-state index contributed by atoms with van der Waals surface area (Å²) < 4.78 is 0. The Bertz CT molecular complexity index is 296. The summed E-state index contributed by atoms with van der Waals surface area (Å²) in [7, 11) is 0. The minimum atomic E-state index is -0.148. The van der Waals surface area contributed by atoms with Crippen LogP contribution in [0, 0.1) is 17.8 Å². The number of hydrogen-bond acceptors (Lipinski definition) is 3. The van der Waals surface area contributed by atoms with Gasteiger partial charge in [-0.25, -0.2) is 0 Å². The van der Waals surface area contributed by atoms with E-state index in [4.69, 9.17) is 0 Å². The second-order valence-corrected chi connectivity index (χ2v) is 5.28. The van der Waals surface area contributed by atoms with Gasteiger partial charge in [0.05, 0.1) is 6.04 Å². The Kier molecular flexibility index (Phi) is 3.02. The van der Waals surface area contributed by atoms with Crippen LogP contribution in [-0.2, 0) is 9.59 Å². The number of carbonyl (C=O) groups excluding carboxylic acids is 2. The third-order valence-corrected chi connectivity index (χ3v) is 3.92. The van der Waals surface area contributed by atoms with Crippen LogP contribution >= 0.6 is 0 Å². The van der Waals surface area contributed by atoms with Gasteiger partial charge in [0, 0.05) is 18.4 Å². The summed E-state index contributed by atoms with van der Waals surface area (Å²) in [5, 5.41) is 3.29. The number of rotatable bonds is 1. The maximum atomic E-state index is 12.0. The zero-order chi connectivity index (χ0) is 11.9. The lowest BCUT2D eigenvalue weighted by Gasteiger charge is -2.33. The van der Waals surface area contributed by atoms with Crippen molar-refractivity contribution in [2.24, 2.45) is 17.8 Å². The van der Waals surface area contributed by atoms with E-state index < -0.39 is 0 Å². The first-order valence-electron chi connectivity index (χ1n) is 6.10. The van der Waals surface area contributed by atoms with Crippen LogP contribution in [0.2, 0.25) is 0 Å². The van der Waals surface area contributed by atoms with Crippen LogP contribution < -0.4 is 5.32 Å². The zero-order valence-corrected chi connectivity index (χ0v) is 10.2. The number of nitrogens with zero attached hydrogens (tertiary/aromatic N) is 1. The number of carbonyl (C=O) groups is 2. The van der Waals surface area contributed by atoms with Crippen LogP contribution in [0.3, 0.4) is 0 Å². The molecule has 0 saturated carbocycles. The molecule has 0 aliphatic carbocycles. The third kappa shape index (κ3) is 1.75. The first-order chi connectivity index (χ1) is 7.52. The number of amides is 2. The standard InChI is InChI=1S/C12H20N2O2/c1-7-4-10(6-13-5-7)14-11(15)8(2)9(3)12(14)16/h7-10,13H,4-6H2,1-3H3. The molecule has 90 valence electrons. The van der Waals surface area contributed by atoms with E-state index in [0.717, 1.165) is 19.5 Å². The number of hydrogen-bond donors (Lipinski definition) is 1. The average molecular weight is 224 g/mol. The molecule has 0 bridgehead atoms. The van der Waals surface area contributed by atoms with Gasteiger partial charge in [-0.2, -0.15) is 0 Å². The Balaban J connectivity index is 2.14. The molecule has 2 amide bonds. The van der Waals surface area contributed by atoms with Crippen molar-refractivity contribution in [3.05, 3.63) is 0 Å². The lowest BCUT2D eigenvalue weighted by molar-refractivity contribution is -0.143. The quantitative estimate of drug-likeness (QED) is 0.664. The highest BCUT2D eigenvalue weighted by Gasteiger charge is 2.45. The fourth-order valence-electron chi connectivity index (χ4n) is 2.66. The van der Waals surface area contributed by atoms with Gasteiger partial charge >= 0.3 is 0 Å². The summed E-state index contributed by atoms with van der Waals surface area (Å²) >= 11 is 0. The molecule has 4 unspecified atom stereocenters. The first-order valence-corrected chi connectivity index (χ1v) is 6.10. The van der Waals surface area contributed by atoms with E-state index in [1.54, 1.807) is 0 Å². The van der Waals surface area contributed by atoms with Gasteiger partial charge < -0.3 is 5.32 Å². The molecule has 0 spiro atoms. The number of imide groups is 1. The molecule has 0 aromatic carbocycles. The fraction of sp³-hybridized carbons (Fsp3) is 0.833. The summed E-state index contributed by atoms with van der Waals surface area (Å²) in [4.78, 5) is 25.5. The van der Waals surface area contributed by atoms with E-state index in [0.29, 0.717) is 5.92 Å². The highest BCUT2D eigenvalue weighted by atomic mass is 16.2. The van der Waals surface area contributed by atoms with Crippen molar-refractivity contribution in [3.63, 3.8) is 0 Å². The van der Waals surface area contributed by atoms with Gasteiger partial charge in [0.25, 0.3) is 0 Å². The van der Waals surface area contributed by atoms with Crippen LogP contribution in [0.1, 0.15) is 27.2 Å². The molecule has 2 aliphatic heterocycles. The number of piperidine rings is 1. The van der Waals surface area contributed by atoms with Gasteiger partial charge in [-0.15, -0.1) is 0 Å². The second-order valence-electron chi connectivity index (χ2n) is 5.28. The fourth-order valence-corrected chi connectivity index (χ4v) is 2.66. The monoisotopic (exact) mass is 224 g/mol. The van der Waals surface area contributed by atoms with Crippen molar-refractivity contribution in [3.8, 4) is 0 Å². The smallest absolute Gasteiger partial charge is 0.233 e. The second kappa shape index (κ2) is 4.17. The van der Waals surface area contributed by atoms with Crippen molar-refractivity contribution < 1.29 is 9.59 Å². The Hall–Kier alpha value is -0.900. The Morgan fingerprint density at radius 1 is 1.06 bits per heavy atom. The SMILES string of the molecule is CC1CNCC(N2C(=O)C(C)C(C)C2=O)C1. The molecule has 0 aromatic rings. The summed E-state index contributed by atoms with van der Waals surface area (Å²) in [6, 6.07) is 0.0659. The Morgan fingerprint density at radius 2 is 1.62 bits per heavy atom. The molecular formula is C12H20N2O2. The van der Waals surface area contributed by atoms with E-state index in [1.807, 2.05) is 13.8 Å². The lowest BCUT2D eigenvalue weighted by atomic mass is 9.96. The Labute approximate surface area is 96.4 Å². The molecule has 16 heavy (non-hydrogen) atoms. The normalized spacial score (nSPS) is 40.6. The van der Waals surface area contributed by atoms with Crippen molar-refractivity contribution in [2.45, 2.75) is 33.2 Å². The molecule has 2 aliphatic rings. The number of nitrogens with one attached hydrogen (secondary N) is 1. The van der Waals surface area contributed by atoms with Gasteiger partial charge in [-0.3, -0.25) is 14.5 Å². The van der Waals surface area contributed by atoms with E-state index in [1.165, 1.54) is 4.90 Å². The average Bonchev–Trinajstić information content (AvgIpc) is 2.44. The predicted molar refractivity (Wildman–Crippen MR) is 60.6 cm³/mol. The lowest BCUT2D eigenvalue weighted by Crippen LogP contribution is -2.51. The zero-order valence-electron chi connectivity index (χ0n) is 10.2. The highest BCUT2D eigenvalue weighted by Crippen LogP contribution is 2.29. The molecule has 2 saturated heterocycles. The highest BCUT2D eigenvalue weighted by molar-refractivity contribution is 6.05. The third-order valence-electron chi connectivity index (χ3n) is 3.92. The van der Waals surface area contributed by atoms with E-state index in [9.17, 15) is 9.59 Å². The van der Waals surface area contributed by atoms with Crippen molar-refractivity contribution in [2.75, 3.05) is 13.1 Å². The molecule has 0 aromatic heterocycles. The summed E-state index contributed by atoms with van der Waals surface area (Å²) in [5.41, 5.74) is 0. The minimum Gasteiger partial charge on any atom is -0.314 e. The maximum Gasteiger partial charge on any atom is 0.233 e. The molecule has 4 heteroatoms. The molecular weight excluding hydrogens is 204 g/mol. The van der Waals surface area contributed by atoms with Crippen molar-refractivity contribution in [1.82, 2.24) is 10.2 Å². The molecule has 4 nitrogen and oxygen atoms in total. The molecule has 1 N–H and O–H groups in total. The molecule has 0 radical (unpaired) electrons. The van der Waals surface area contributed by atoms with Crippen LogP contribution in [-0.4, -0.2) is 35.8 Å². The first kappa shape index (κ1) is 11.6. The van der Waals surface area contributed by atoms with Crippen LogP contribution in [0.15, 0.2) is 0 Å². The van der Waals surface area contributed by atoms with Crippen molar-refractivity contribution in [1.29, 1.82) is 0 Å². The number of likely N-dealkylation sites (tertiary alicyclic amines) is 1. The minimum absolute atomic E-state index is 0.0124. The van der Waals surface area contributed by atoms with Gasteiger partial charge in [0.1, 0.15) is 0 Å². The molecule has 4 atom stereocenters. The molecule has 2 rings (SSSR count). The molecule has 2 heterocycles. The molecule has 2 fully saturated rings. The van der Waals surface area contributed by atoms with Crippen molar-refractivity contribution >= 4 is 11.8 Å². The van der Waals surface area contributed by atoms with Crippen LogP contribution in [0.4, 0.5) is 0 Å². The van der Waals surface area contributed by atoms with E-state index >= 15 is 0 Å². The van der Waals surface area contributed by atoms with E-state index in [-0.39, 0.29) is 29.7 Å². The van der Waals surface area contributed by atoms with Gasteiger partial charge in [0.15, 0.2) is 0 Å². The Morgan fingerprint density at radius 3 is 2.12 bits per heavy atom. The van der Waals surface area contributed by atoms with Gasteiger partial charge in [-0.1, -0.05) is 20.8 Å². The summed E-state index contributed by atoms with van der Waals surface area (Å²) in [6.45, 7) is 7.59. The largest absolute Gasteiger partial charge is 0.314 e. The van der Waals surface area contributed by atoms with Crippen LogP contribution in [0.5, 0.6) is 0 Å².